The number of amides is 1. The Morgan fingerprint density at radius 1 is 1.39 bits per heavy atom. The number of carbonyl (C=O) groups is 2. The molecule has 0 aromatic carbocycles. The molecule has 0 unspecified atom stereocenters. The molecule has 1 N–H and O–H groups in total. The highest BCUT2D eigenvalue weighted by atomic mass is 16.8. The van der Waals surface area contributed by atoms with E-state index >= 15 is 0 Å². The van der Waals surface area contributed by atoms with Crippen LogP contribution in [0.4, 0.5) is 4.79 Å². The predicted octanol–water partition coefficient (Wildman–Crippen LogP) is 0.205. The Morgan fingerprint density at radius 2 is 2.06 bits per heavy atom. The molecule has 1 aliphatic heterocycles. The summed E-state index contributed by atoms with van der Waals surface area (Å²) in [7, 11) is 0. The van der Waals surface area contributed by atoms with Crippen molar-refractivity contribution in [3.05, 3.63) is 12.2 Å². The van der Waals surface area contributed by atoms with E-state index in [0.29, 0.717) is 18.8 Å². The van der Waals surface area contributed by atoms with Gasteiger partial charge in [-0.15, -0.1) is 0 Å². The molecule has 1 fully saturated rings. The zero-order chi connectivity index (χ0) is 13.4. The first-order valence-corrected chi connectivity index (χ1v) is 5.52. The number of nitrogens with one attached hydrogen (secondary N) is 1. The van der Waals surface area contributed by atoms with E-state index < -0.39 is 12.3 Å². The van der Waals surface area contributed by atoms with Crippen LogP contribution in [0.5, 0.6) is 0 Å². The van der Waals surface area contributed by atoms with Gasteiger partial charge in [-0.2, -0.15) is 0 Å². The lowest BCUT2D eigenvalue weighted by molar-refractivity contribution is -0.157. The van der Waals surface area contributed by atoms with Crippen molar-refractivity contribution in [2.45, 2.75) is 13.0 Å². The number of hydrogen-bond acceptors (Lipinski definition) is 6. The van der Waals surface area contributed by atoms with Gasteiger partial charge >= 0.3 is 6.16 Å². The molecule has 0 aromatic heterocycles. The fourth-order valence-corrected chi connectivity index (χ4v) is 1.15. The Morgan fingerprint density at radius 3 is 2.67 bits per heavy atom. The molecule has 0 saturated carbocycles. The molecule has 1 rings (SSSR count). The maximum absolute atomic E-state index is 11.2. The summed E-state index contributed by atoms with van der Waals surface area (Å²) in [5, 5.41) is 2.52. The second kappa shape index (κ2) is 7.67. The van der Waals surface area contributed by atoms with Gasteiger partial charge < -0.3 is 24.3 Å². The molecule has 18 heavy (non-hydrogen) atoms. The van der Waals surface area contributed by atoms with Crippen molar-refractivity contribution in [1.82, 2.24) is 5.32 Å². The summed E-state index contributed by atoms with van der Waals surface area (Å²) in [5.74, 6) is -0.277. The van der Waals surface area contributed by atoms with E-state index in [9.17, 15) is 9.59 Å². The summed E-state index contributed by atoms with van der Waals surface area (Å²) in [6.07, 6.45) is -1.25. The quantitative estimate of drug-likeness (QED) is 0.431. The summed E-state index contributed by atoms with van der Waals surface area (Å²) < 4.78 is 19.6. The van der Waals surface area contributed by atoms with Crippen molar-refractivity contribution >= 4 is 12.1 Å². The fraction of sp³-hybridized carbons (Fsp3) is 0.636. The lowest BCUT2D eigenvalue weighted by Gasteiger charge is -2.21. The number of ether oxygens (including phenoxy) is 4. The van der Waals surface area contributed by atoms with E-state index in [2.05, 4.69) is 11.9 Å². The van der Waals surface area contributed by atoms with Crippen molar-refractivity contribution in [1.29, 1.82) is 0 Å². The van der Waals surface area contributed by atoms with Gasteiger partial charge in [0.25, 0.3) is 0 Å². The van der Waals surface area contributed by atoms with Crippen molar-refractivity contribution in [2.75, 3.05) is 33.2 Å². The molecule has 1 amide bonds. The summed E-state index contributed by atoms with van der Waals surface area (Å²) in [4.78, 5) is 22.3. The SMILES string of the molecule is C=C(C)C(=O)NCCOC(=O)OC1COCOC1. The summed E-state index contributed by atoms with van der Waals surface area (Å²) >= 11 is 0. The van der Waals surface area contributed by atoms with Crippen LogP contribution in [0.2, 0.25) is 0 Å². The molecule has 0 aromatic rings. The van der Waals surface area contributed by atoms with Gasteiger partial charge in [-0.3, -0.25) is 4.79 Å². The third-order valence-corrected chi connectivity index (χ3v) is 2.03. The molecule has 0 atom stereocenters. The van der Waals surface area contributed by atoms with Gasteiger partial charge in [0.15, 0.2) is 6.10 Å². The van der Waals surface area contributed by atoms with Gasteiger partial charge in [0.2, 0.25) is 5.91 Å². The molecule has 1 saturated heterocycles. The molecule has 1 heterocycles. The Balaban J connectivity index is 2.06. The molecule has 1 aliphatic rings. The van der Waals surface area contributed by atoms with Crippen LogP contribution in [0.1, 0.15) is 6.92 Å². The highest BCUT2D eigenvalue weighted by Gasteiger charge is 2.19. The summed E-state index contributed by atoms with van der Waals surface area (Å²) in [5.41, 5.74) is 0.397. The minimum atomic E-state index is -0.807. The molecule has 7 nitrogen and oxygen atoms in total. The van der Waals surface area contributed by atoms with E-state index in [4.69, 9.17) is 18.9 Å². The third-order valence-electron chi connectivity index (χ3n) is 2.03. The van der Waals surface area contributed by atoms with Gasteiger partial charge in [0.1, 0.15) is 13.4 Å². The molecule has 0 spiro atoms. The number of hydrogen-bond donors (Lipinski definition) is 1. The predicted molar refractivity (Wildman–Crippen MR) is 60.8 cm³/mol. The van der Waals surface area contributed by atoms with Gasteiger partial charge in [-0.25, -0.2) is 4.79 Å². The average Bonchev–Trinajstić information content (AvgIpc) is 2.35. The molecular weight excluding hydrogens is 242 g/mol. The lowest BCUT2D eigenvalue weighted by atomic mass is 10.3. The van der Waals surface area contributed by atoms with E-state index in [1.165, 1.54) is 0 Å². The van der Waals surface area contributed by atoms with Crippen molar-refractivity contribution in [3.8, 4) is 0 Å². The van der Waals surface area contributed by atoms with Crippen LogP contribution in [0.3, 0.4) is 0 Å². The topological polar surface area (TPSA) is 83.1 Å². The van der Waals surface area contributed by atoms with Crippen LogP contribution in [0.25, 0.3) is 0 Å². The molecule has 7 heteroatoms. The summed E-state index contributed by atoms with van der Waals surface area (Å²) in [6.45, 7) is 6.10. The molecular formula is C11H17NO6. The Labute approximate surface area is 105 Å². The van der Waals surface area contributed by atoms with Gasteiger partial charge in [0, 0.05) is 5.57 Å². The number of carbonyl (C=O) groups excluding carboxylic acids is 2. The van der Waals surface area contributed by atoms with Gasteiger partial charge in [-0.05, 0) is 6.92 Å². The normalized spacial score (nSPS) is 15.8. The van der Waals surface area contributed by atoms with Crippen molar-refractivity contribution < 1.29 is 28.5 Å². The van der Waals surface area contributed by atoms with Gasteiger partial charge in [0.05, 0.1) is 19.8 Å². The Bertz CT molecular complexity index is 311. The van der Waals surface area contributed by atoms with Crippen LogP contribution in [-0.4, -0.2) is 51.3 Å². The lowest BCUT2D eigenvalue weighted by Crippen LogP contribution is -2.34. The van der Waals surface area contributed by atoms with Crippen LogP contribution >= 0.6 is 0 Å². The molecule has 0 bridgehead atoms. The highest BCUT2D eigenvalue weighted by Crippen LogP contribution is 2.02. The maximum atomic E-state index is 11.2. The Kier molecular flexibility index (Phi) is 6.16. The van der Waals surface area contributed by atoms with E-state index in [0.717, 1.165) is 0 Å². The van der Waals surface area contributed by atoms with Crippen LogP contribution in [-0.2, 0) is 23.7 Å². The minimum absolute atomic E-state index is 0.0340. The Hall–Kier alpha value is -1.60. The van der Waals surface area contributed by atoms with E-state index in [-0.39, 0.29) is 25.9 Å². The van der Waals surface area contributed by atoms with Crippen LogP contribution in [0.15, 0.2) is 12.2 Å². The first kappa shape index (κ1) is 14.5. The smallest absolute Gasteiger partial charge is 0.432 e. The first-order valence-electron chi connectivity index (χ1n) is 5.52. The van der Waals surface area contributed by atoms with E-state index in [1.54, 1.807) is 6.92 Å². The average molecular weight is 259 g/mol. The maximum Gasteiger partial charge on any atom is 0.508 e. The van der Waals surface area contributed by atoms with E-state index in [1.807, 2.05) is 0 Å². The highest BCUT2D eigenvalue weighted by molar-refractivity contribution is 5.92. The second-order valence-electron chi connectivity index (χ2n) is 3.73. The fourth-order valence-electron chi connectivity index (χ4n) is 1.15. The summed E-state index contributed by atoms with van der Waals surface area (Å²) in [6, 6.07) is 0. The minimum Gasteiger partial charge on any atom is -0.432 e. The second-order valence-corrected chi connectivity index (χ2v) is 3.73. The monoisotopic (exact) mass is 259 g/mol. The van der Waals surface area contributed by atoms with Gasteiger partial charge in [-0.1, -0.05) is 6.58 Å². The van der Waals surface area contributed by atoms with Crippen molar-refractivity contribution in [3.63, 3.8) is 0 Å². The molecule has 0 radical (unpaired) electrons. The van der Waals surface area contributed by atoms with Crippen LogP contribution < -0.4 is 5.32 Å². The standard InChI is InChI=1S/C11H17NO6/c1-8(2)10(13)12-3-4-17-11(14)18-9-5-15-7-16-6-9/h9H,1,3-7H2,2H3,(H,12,13). The molecule has 102 valence electrons. The largest absolute Gasteiger partial charge is 0.508 e. The van der Waals surface area contributed by atoms with Crippen molar-refractivity contribution in [2.24, 2.45) is 0 Å². The third kappa shape index (κ3) is 5.65. The van der Waals surface area contributed by atoms with Crippen LogP contribution in [0, 0.1) is 0 Å². The zero-order valence-electron chi connectivity index (χ0n) is 10.3. The number of rotatable bonds is 5. The molecule has 0 aliphatic carbocycles. The zero-order valence-corrected chi connectivity index (χ0v) is 10.3. The first-order chi connectivity index (χ1) is 8.59.